The van der Waals surface area contributed by atoms with Gasteiger partial charge in [-0.25, -0.2) is 13.4 Å². The third kappa shape index (κ3) is 5.42. The molecular weight excluding hydrogens is 488 g/mol. The van der Waals surface area contributed by atoms with Gasteiger partial charge in [0.05, 0.1) is 36.4 Å². The number of amides is 1. The summed E-state index contributed by atoms with van der Waals surface area (Å²) >= 11 is 1.49. The lowest BCUT2D eigenvalue weighted by molar-refractivity contribution is -0.120. The highest BCUT2D eigenvalue weighted by molar-refractivity contribution is 7.89. The number of nitrogens with one attached hydrogen (secondary N) is 2. The summed E-state index contributed by atoms with van der Waals surface area (Å²) in [5.41, 5.74) is 2.14. The summed E-state index contributed by atoms with van der Waals surface area (Å²) in [7, 11) is 1.15. The first-order valence-electron chi connectivity index (χ1n) is 11.1. The molecule has 4 rings (SSSR count). The average molecular weight is 517 g/mol. The van der Waals surface area contributed by atoms with Crippen LogP contribution in [0.1, 0.15) is 12.8 Å². The fraction of sp³-hybridized carbons (Fsp3) is 0.333. The molecule has 0 bridgehead atoms. The van der Waals surface area contributed by atoms with E-state index in [1.165, 1.54) is 42.0 Å². The van der Waals surface area contributed by atoms with Crippen LogP contribution in [0, 0.1) is 5.92 Å². The molecule has 186 valence electrons. The third-order valence-electron chi connectivity index (χ3n) is 5.92. The number of piperidine rings is 1. The molecule has 1 saturated heterocycles. The number of benzene rings is 2. The Labute approximate surface area is 209 Å². The van der Waals surface area contributed by atoms with E-state index in [0.29, 0.717) is 36.6 Å². The number of thiazole rings is 1. The predicted octanol–water partition coefficient (Wildman–Crippen LogP) is 3.91. The van der Waals surface area contributed by atoms with Crippen molar-refractivity contribution in [2.24, 2.45) is 5.92 Å². The summed E-state index contributed by atoms with van der Waals surface area (Å²) < 4.78 is 38.3. The Kier molecular flexibility index (Phi) is 7.58. The molecule has 0 aliphatic carbocycles. The van der Waals surface area contributed by atoms with E-state index in [1.807, 2.05) is 24.6 Å². The number of methoxy groups -OCH3 is 2. The lowest BCUT2D eigenvalue weighted by atomic mass is 9.98. The third-order valence-corrected chi connectivity index (χ3v) is 8.66. The number of aromatic nitrogens is 1. The van der Waals surface area contributed by atoms with E-state index in [1.54, 1.807) is 18.2 Å². The minimum Gasteiger partial charge on any atom is -0.497 e. The first-order valence-corrected chi connectivity index (χ1v) is 13.4. The van der Waals surface area contributed by atoms with Crippen molar-refractivity contribution in [3.63, 3.8) is 0 Å². The number of rotatable bonds is 8. The van der Waals surface area contributed by atoms with E-state index < -0.39 is 15.9 Å². The van der Waals surface area contributed by atoms with Gasteiger partial charge in [-0.15, -0.1) is 11.3 Å². The van der Waals surface area contributed by atoms with Gasteiger partial charge in [0.2, 0.25) is 15.9 Å². The molecule has 2 aromatic carbocycles. The largest absolute Gasteiger partial charge is 0.497 e. The Balaban J connectivity index is 1.51. The van der Waals surface area contributed by atoms with Gasteiger partial charge in [0, 0.05) is 31.1 Å². The summed E-state index contributed by atoms with van der Waals surface area (Å²) in [6.07, 6.45) is 1.19. The monoisotopic (exact) mass is 516 g/mol. The number of hydrogen-bond donors (Lipinski definition) is 2. The zero-order valence-electron chi connectivity index (χ0n) is 19.8. The van der Waals surface area contributed by atoms with Crippen molar-refractivity contribution in [1.82, 2.24) is 9.29 Å². The zero-order valence-corrected chi connectivity index (χ0v) is 21.4. The number of carbonyl (C=O) groups excluding carboxylic acids is 1. The van der Waals surface area contributed by atoms with Crippen LogP contribution < -0.4 is 20.1 Å². The molecule has 1 aliphatic rings. The second kappa shape index (κ2) is 10.6. The van der Waals surface area contributed by atoms with Gasteiger partial charge in [0.25, 0.3) is 0 Å². The summed E-state index contributed by atoms with van der Waals surface area (Å²) in [6, 6.07) is 11.7. The van der Waals surface area contributed by atoms with E-state index in [0.717, 1.165) is 16.4 Å². The fourth-order valence-electron chi connectivity index (χ4n) is 3.99. The molecule has 0 saturated carbocycles. The van der Waals surface area contributed by atoms with Crippen LogP contribution in [0.3, 0.4) is 0 Å². The average Bonchev–Trinajstić information content (AvgIpc) is 3.38. The van der Waals surface area contributed by atoms with Crippen LogP contribution in [0.25, 0.3) is 11.3 Å². The van der Waals surface area contributed by atoms with Gasteiger partial charge in [-0.3, -0.25) is 4.79 Å². The quantitative estimate of drug-likeness (QED) is 0.467. The molecule has 2 heterocycles. The van der Waals surface area contributed by atoms with Crippen molar-refractivity contribution in [2.45, 2.75) is 17.7 Å². The number of carbonyl (C=O) groups is 1. The molecule has 1 fully saturated rings. The molecule has 1 atom stereocenters. The predicted molar refractivity (Wildman–Crippen MR) is 137 cm³/mol. The van der Waals surface area contributed by atoms with E-state index in [-0.39, 0.29) is 17.3 Å². The van der Waals surface area contributed by atoms with Crippen LogP contribution in [0.4, 0.5) is 10.8 Å². The highest BCUT2D eigenvalue weighted by Gasteiger charge is 2.33. The second-order valence-corrected chi connectivity index (χ2v) is 10.9. The molecule has 0 spiro atoms. The van der Waals surface area contributed by atoms with Gasteiger partial charge in [-0.1, -0.05) is 0 Å². The minimum absolute atomic E-state index is 0.111. The number of nitrogens with zero attached hydrogens (tertiary/aromatic N) is 2. The highest BCUT2D eigenvalue weighted by Crippen LogP contribution is 2.33. The first kappa shape index (κ1) is 25.0. The van der Waals surface area contributed by atoms with Crippen molar-refractivity contribution >= 4 is 38.1 Å². The maximum atomic E-state index is 13.2. The Morgan fingerprint density at radius 1 is 1.14 bits per heavy atom. The van der Waals surface area contributed by atoms with Crippen LogP contribution in [0.2, 0.25) is 0 Å². The van der Waals surface area contributed by atoms with Crippen LogP contribution in [0.15, 0.2) is 52.7 Å². The van der Waals surface area contributed by atoms with Gasteiger partial charge < -0.3 is 20.1 Å². The Bertz CT molecular complexity index is 1290. The molecule has 1 amide bonds. The number of anilines is 2. The maximum absolute atomic E-state index is 13.2. The van der Waals surface area contributed by atoms with Crippen molar-refractivity contribution in [3.05, 3.63) is 47.8 Å². The topological polar surface area (TPSA) is 110 Å². The Morgan fingerprint density at radius 3 is 2.57 bits per heavy atom. The molecule has 9 nitrogen and oxygen atoms in total. The van der Waals surface area contributed by atoms with Crippen LogP contribution in [0.5, 0.6) is 11.5 Å². The normalized spacial score (nSPS) is 16.5. The Hall–Kier alpha value is -3.15. The standard InChI is InChI=1S/C24H28N4O5S2/c1-25-24-27-21(15-34-24)16-6-11-22(33-3)20(13-16)26-23(29)17-5-4-12-28(14-17)35(30,31)19-9-7-18(32-2)8-10-19/h6-11,13,15,17H,4-5,12,14H2,1-3H3,(H,25,27)(H,26,29)/t17-/m1/s1. The lowest BCUT2D eigenvalue weighted by Crippen LogP contribution is -2.43. The van der Waals surface area contributed by atoms with E-state index in [2.05, 4.69) is 15.6 Å². The summed E-state index contributed by atoms with van der Waals surface area (Å²) in [6.45, 7) is 0.481. The summed E-state index contributed by atoms with van der Waals surface area (Å²) in [4.78, 5) is 17.9. The van der Waals surface area contributed by atoms with E-state index >= 15 is 0 Å². The Morgan fingerprint density at radius 2 is 1.91 bits per heavy atom. The van der Waals surface area contributed by atoms with E-state index in [4.69, 9.17) is 9.47 Å². The minimum atomic E-state index is -3.72. The molecule has 11 heteroatoms. The number of sulfonamides is 1. The van der Waals surface area contributed by atoms with E-state index in [9.17, 15) is 13.2 Å². The van der Waals surface area contributed by atoms with Gasteiger partial charge in [0.1, 0.15) is 11.5 Å². The molecule has 2 N–H and O–H groups in total. The smallest absolute Gasteiger partial charge is 0.243 e. The van der Waals surface area contributed by atoms with Crippen LogP contribution >= 0.6 is 11.3 Å². The fourth-order valence-corrected chi connectivity index (χ4v) is 6.20. The van der Waals surface area contributed by atoms with Crippen molar-refractivity contribution in [2.75, 3.05) is 45.0 Å². The SMILES string of the molecule is CNc1nc(-c2ccc(OC)c(NC(=O)[C@@H]3CCCN(S(=O)(=O)c4ccc(OC)cc4)C3)c2)cs1. The molecule has 35 heavy (non-hydrogen) atoms. The maximum Gasteiger partial charge on any atom is 0.243 e. The van der Waals surface area contributed by atoms with Gasteiger partial charge in [-0.05, 0) is 55.3 Å². The molecule has 1 aliphatic heterocycles. The summed E-state index contributed by atoms with van der Waals surface area (Å²) in [5.74, 6) is 0.366. The molecule has 0 radical (unpaired) electrons. The first-order chi connectivity index (χ1) is 16.8. The van der Waals surface area contributed by atoms with Crippen molar-refractivity contribution < 1.29 is 22.7 Å². The van der Waals surface area contributed by atoms with Crippen LogP contribution in [-0.4, -0.2) is 58.0 Å². The molecular formula is C24H28N4O5S2. The van der Waals surface area contributed by atoms with Crippen LogP contribution in [-0.2, 0) is 14.8 Å². The van der Waals surface area contributed by atoms with Gasteiger partial charge in [0.15, 0.2) is 5.13 Å². The number of ether oxygens (including phenoxy) is 2. The van der Waals surface area contributed by atoms with Gasteiger partial charge >= 0.3 is 0 Å². The summed E-state index contributed by atoms with van der Waals surface area (Å²) in [5, 5.41) is 8.69. The zero-order chi connectivity index (χ0) is 25.0. The van der Waals surface area contributed by atoms with Gasteiger partial charge in [-0.2, -0.15) is 4.31 Å². The van der Waals surface area contributed by atoms with Crippen molar-refractivity contribution in [1.29, 1.82) is 0 Å². The lowest BCUT2D eigenvalue weighted by Gasteiger charge is -2.31. The number of hydrogen-bond acceptors (Lipinski definition) is 8. The molecule has 1 aromatic heterocycles. The second-order valence-electron chi connectivity index (χ2n) is 8.07. The van der Waals surface area contributed by atoms with Crippen molar-refractivity contribution in [3.8, 4) is 22.8 Å². The highest BCUT2D eigenvalue weighted by atomic mass is 32.2. The molecule has 0 unspecified atom stereocenters. The molecule has 3 aromatic rings.